The Morgan fingerprint density at radius 3 is 2.67 bits per heavy atom. The summed E-state index contributed by atoms with van der Waals surface area (Å²) in [7, 11) is 0. The van der Waals surface area contributed by atoms with Crippen LogP contribution in [0.3, 0.4) is 0 Å². The standard InChI is InChI=1S/C16H21N3OS/c17-15(21)9-5-2-6-12-19-16(20)11-10-14(18-19)13-7-3-1-4-8-13/h1,3-4,7-8H,2,5-6,9-12H2,(H2,17,21). The molecule has 0 bridgehead atoms. The molecule has 0 unspecified atom stereocenters. The summed E-state index contributed by atoms with van der Waals surface area (Å²) in [5, 5.41) is 6.13. The molecule has 1 aliphatic rings. The second kappa shape index (κ2) is 7.88. The van der Waals surface area contributed by atoms with E-state index in [2.05, 4.69) is 5.10 Å². The molecule has 4 nitrogen and oxygen atoms in total. The number of hydrogen-bond donors (Lipinski definition) is 1. The molecule has 0 fully saturated rings. The van der Waals surface area contributed by atoms with Gasteiger partial charge < -0.3 is 5.73 Å². The Bertz CT molecular complexity index is 528. The maximum atomic E-state index is 11.9. The number of carbonyl (C=O) groups excluding carboxylic acids is 1. The molecule has 1 heterocycles. The predicted molar refractivity (Wildman–Crippen MR) is 89.2 cm³/mol. The minimum Gasteiger partial charge on any atom is -0.393 e. The first-order chi connectivity index (χ1) is 10.2. The van der Waals surface area contributed by atoms with Crippen LogP contribution in [0.25, 0.3) is 0 Å². The molecule has 21 heavy (non-hydrogen) atoms. The lowest BCUT2D eigenvalue weighted by Gasteiger charge is -2.23. The molecule has 0 radical (unpaired) electrons. The molecule has 112 valence electrons. The quantitative estimate of drug-likeness (QED) is 0.622. The molecule has 5 heteroatoms. The summed E-state index contributed by atoms with van der Waals surface area (Å²) in [4.78, 5) is 12.5. The highest BCUT2D eigenvalue weighted by atomic mass is 32.1. The maximum absolute atomic E-state index is 11.9. The Kier molecular flexibility index (Phi) is 5.87. The Labute approximate surface area is 131 Å². The fraction of sp³-hybridized carbons (Fsp3) is 0.438. The maximum Gasteiger partial charge on any atom is 0.243 e. The van der Waals surface area contributed by atoms with Crippen molar-refractivity contribution < 1.29 is 4.79 Å². The number of amides is 1. The van der Waals surface area contributed by atoms with Crippen LogP contribution in [0, 0.1) is 0 Å². The van der Waals surface area contributed by atoms with Gasteiger partial charge >= 0.3 is 0 Å². The van der Waals surface area contributed by atoms with Crippen LogP contribution in [0.4, 0.5) is 0 Å². The molecule has 2 N–H and O–H groups in total. The SMILES string of the molecule is NC(=S)CCCCCN1N=C(c2ccccc2)CCC1=O. The molecular weight excluding hydrogens is 282 g/mol. The number of thiocarbonyl (C=S) groups is 1. The number of rotatable bonds is 7. The van der Waals surface area contributed by atoms with Gasteiger partial charge in [-0.1, -0.05) is 49.0 Å². The summed E-state index contributed by atoms with van der Waals surface area (Å²) in [5.41, 5.74) is 7.57. The van der Waals surface area contributed by atoms with Crippen molar-refractivity contribution in [2.45, 2.75) is 38.5 Å². The molecule has 1 aromatic carbocycles. The molecule has 0 aliphatic carbocycles. The number of unbranched alkanes of at least 4 members (excludes halogenated alkanes) is 2. The van der Waals surface area contributed by atoms with Crippen LogP contribution in [0.1, 0.15) is 44.1 Å². The van der Waals surface area contributed by atoms with Gasteiger partial charge in [0, 0.05) is 19.4 Å². The smallest absolute Gasteiger partial charge is 0.243 e. The van der Waals surface area contributed by atoms with Crippen LogP contribution < -0.4 is 5.73 Å². The van der Waals surface area contributed by atoms with Gasteiger partial charge in [-0.05, 0) is 24.8 Å². The third-order valence-corrected chi connectivity index (χ3v) is 3.71. The van der Waals surface area contributed by atoms with E-state index in [0.717, 1.165) is 43.4 Å². The van der Waals surface area contributed by atoms with Crippen molar-refractivity contribution >= 4 is 28.8 Å². The Morgan fingerprint density at radius 2 is 1.95 bits per heavy atom. The molecule has 0 aromatic heterocycles. The van der Waals surface area contributed by atoms with Gasteiger partial charge in [-0.3, -0.25) is 4.79 Å². The van der Waals surface area contributed by atoms with Crippen LogP contribution in [0.5, 0.6) is 0 Å². The zero-order valence-electron chi connectivity index (χ0n) is 12.1. The lowest BCUT2D eigenvalue weighted by atomic mass is 10.0. The molecule has 0 atom stereocenters. The summed E-state index contributed by atoms with van der Waals surface area (Å²) in [6, 6.07) is 10.0. The van der Waals surface area contributed by atoms with E-state index in [4.69, 9.17) is 18.0 Å². The Hall–Kier alpha value is -1.75. The molecular formula is C16H21N3OS. The predicted octanol–water partition coefficient (Wildman–Crippen LogP) is 2.86. The van der Waals surface area contributed by atoms with Crippen molar-refractivity contribution in [2.75, 3.05) is 6.54 Å². The third-order valence-electron chi connectivity index (χ3n) is 3.51. The van der Waals surface area contributed by atoms with E-state index < -0.39 is 0 Å². The van der Waals surface area contributed by atoms with Crippen molar-refractivity contribution in [3.05, 3.63) is 35.9 Å². The summed E-state index contributed by atoms with van der Waals surface area (Å²) >= 11 is 4.85. The number of carbonyl (C=O) groups is 1. The normalized spacial score (nSPS) is 15.0. The highest BCUT2D eigenvalue weighted by molar-refractivity contribution is 7.80. The van der Waals surface area contributed by atoms with E-state index in [0.29, 0.717) is 18.0 Å². The minimum atomic E-state index is 0.115. The number of nitrogens with two attached hydrogens (primary N) is 1. The van der Waals surface area contributed by atoms with Gasteiger partial charge in [0.25, 0.3) is 0 Å². The molecule has 1 aliphatic heterocycles. The van der Waals surface area contributed by atoms with Gasteiger partial charge in [0.05, 0.1) is 10.7 Å². The second-order valence-corrected chi connectivity index (χ2v) is 5.73. The summed E-state index contributed by atoms with van der Waals surface area (Å²) in [6.45, 7) is 0.673. The van der Waals surface area contributed by atoms with Crippen LogP contribution in [0.15, 0.2) is 35.4 Å². The molecule has 0 spiro atoms. The zero-order valence-corrected chi connectivity index (χ0v) is 12.9. The summed E-state index contributed by atoms with van der Waals surface area (Å²) in [6.07, 6.45) is 4.97. The molecule has 0 saturated heterocycles. The van der Waals surface area contributed by atoms with Gasteiger partial charge in [-0.15, -0.1) is 0 Å². The topological polar surface area (TPSA) is 58.7 Å². The van der Waals surface area contributed by atoms with Crippen molar-refractivity contribution in [3.8, 4) is 0 Å². The fourth-order valence-electron chi connectivity index (χ4n) is 2.35. The molecule has 0 saturated carbocycles. The van der Waals surface area contributed by atoms with E-state index in [1.165, 1.54) is 0 Å². The van der Waals surface area contributed by atoms with Crippen molar-refractivity contribution in [1.82, 2.24) is 5.01 Å². The highest BCUT2D eigenvalue weighted by Gasteiger charge is 2.20. The van der Waals surface area contributed by atoms with Gasteiger partial charge in [0.2, 0.25) is 5.91 Å². The van der Waals surface area contributed by atoms with E-state index in [1.807, 2.05) is 30.3 Å². The first-order valence-corrected chi connectivity index (χ1v) is 7.79. The van der Waals surface area contributed by atoms with Crippen molar-refractivity contribution in [1.29, 1.82) is 0 Å². The average Bonchev–Trinajstić information content (AvgIpc) is 2.49. The van der Waals surface area contributed by atoms with Crippen LogP contribution >= 0.6 is 12.2 Å². The lowest BCUT2D eigenvalue weighted by Crippen LogP contribution is -2.32. The molecule has 1 aromatic rings. The third kappa shape index (κ3) is 4.93. The van der Waals surface area contributed by atoms with Gasteiger partial charge in [-0.2, -0.15) is 5.10 Å². The van der Waals surface area contributed by atoms with Crippen molar-refractivity contribution in [3.63, 3.8) is 0 Å². The number of hydrazone groups is 1. The summed E-state index contributed by atoms with van der Waals surface area (Å²) < 4.78 is 0. The van der Waals surface area contributed by atoms with Gasteiger partial charge in [-0.25, -0.2) is 5.01 Å². The minimum absolute atomic E-state index is 0.115. The van der Waals surface area contributed by atoms with Crippen LogP contribution in [0.2, 0.25) is 0 Å². The van der Waals surface area contributed by atoms with E-state index in [9.17, 15) is 4.79 Å². The Morgan fingerprint density at radius 1 is 1.19 bits per heavy atom. The highest BCUT2D eigenvalue weighted by Crippen LogP contribution is 2.16. The largest absolute Gasteiger partial charge is 0.393 e. The van der Waals surface area contributed by atoms with Crippen LogP contribution in [-0.2, 0) is 4.79 Å². The first kappa shape index (κ1) is 15.6. The molecule has 2 rings (SSSR count). The monoisotopic (exact) mass is 303 g/mol. The van der Waals surface area contributed by atoms with Crippen LogP contribution in [-0.4, -0.2) is 28.2 Å². The Balaban J connectivity index is 1.88. The number of nitrogens with zero attached hydrogens (tertiary/aromatic N) is 2. The van der Waals surface area contributed by atoms with Gasteiger partial charge in [0.15, 0.2) is 0 Å². The average molecular weight is 303 g/mol. The van der Waals surface area contributed by atoms with Gasteiger partial charge in [0.1, 0.15) is 0 Å². The number of hydrogen-bond acceptors (Lipinski definition) is 3. The second-order valence-electron chi connectivity index (χ2n) is 5.21. The lowest BCUT2D eigenvalue weighted by molar-refractivity contribution is -0.131. The van der Waals surface area contributed by atoms with E-state index in [1.54, 1.807) is 5.01 Å². The first-order valence-electron chi connectivity index (χ1n) is 7.38. The van der Waals surface area contributed by atoms with Crippen molar-refractivity contribution in [2.24, 2.45) is 10.8 Å². The van der Waals surface area contributed by atoms with E-state index >= 15 is 0 Å². The fourth-order valence-corrected chi connectivity index (χ4v) is 2.50. The summed E-state index contributed by atoms with van der Waals surface area (Å²) in [5.74, 6) is 0.115. The molecule has 1 amide bonds. The number of benzene rings is 1. The zero-order chi connectivity index (χ0) is 15.1. The van der Waals surface area contributed by atoms with E-state index in [-0.39, 0.29) is 5.91 Å².